The molecular formula is C16H18BrNOS. The summed E-state index contributed by atoms with van der Waals surface area (Å²) in [6.45, 7) is 5.18. The largest absolute Gasteiger partial charge is 0.376 e. The zero-order chi connectivity index (χ0) is 14.2. The Morgan fingerprint density at radius 2 is 2.05 bits per heavy atom. The second-order valence-electron chi connectivity index (χ2n) is 5.88. The first-order valence-corrected chi connectivity index (χ1v) is 8.56. The molecule has 1 aliphatic rings. The van der Waals surface area contributed by atoms with Crippen molar-refractivity contribution in [2.45, 2.75) is 38.2 Å². The summed E-state index contributed by atoms with van der Waals surface area (Å²) in [6, 6.07) is 8.34. The first kappa shape index (κ1) is 14.2. The molecule has 20 heavy (non-hydrogen) atoms. The average molecular weight is 352 g/mol. The Balaban J connectivity index is 1.81. The van der Waals surface area contributed by atoms with E-state index in [0.29, 0.717) is 5.92 Å². The lowest BCUT2D eigenvalue weighted by Crippen LogP contribution is -2.32. The zero-order valence-corrected chi connectivity index (χ0v) is 14.1. The summed E-state index contributed by atoms with van der Waals surface area (Å²) < 4.78 is 6.89. The Bertz CT molecular complexity index is 591. The molecule has 0 bridgehead atoms. The lowest BCUT2D eigenvalue weighted by molar-refractivity contribution is -0.0593. The number of halogens is 1. The highest BCUT2D eigenvalue weighted by Gasteiger charge is 2.31. The highest BCUT2D eigenvalue weighted by Crippen LogP contribution is 2.38. The predicted molar refractivity (Wildman–Crippen MR) is 87.3 cm³/mol. The van der Waals surface area contributed by atoms with Gasteiger partial charge in [-0.3, -0.25) is 0 Å². The van der Waals surface area contributed by atoms with Gasteiger partial charge in [0, 0.05) is 27.9 Å². The predicted octanol–water partition coefficient (Wildman–Crippen LogP) is 5.25. The van der Waals surface area contributed by atoms with Gasteiger partial charge < -0.3 is 4.74 Å². The number of benzene rings is 1. The van der Waals surface area contributed by atoms with Gasteiger partial charge in [0.1, 0.15) is 0 Å². The van der Waals surface area contributed by atoms with Crippen LogP contribution in [0.4, 0.5) is 0 Å². The Labute approximate surface area is 132 Å². The number of ether oxygens (including phenoxy) is 1. The fourth-order valence-corrected chi connectivity index (χ4v) is 3.90. The SMILES string of the molecule is CC1(C)C[C@H](c2nc(-c3ccc(Br)cc3)cs2)CCO1. The minimum Gasteiger partial charge on any atom is -0.376 e. The van der Waals surface area contributed by atoms with Crippen LogP contribution in [0.2, 0.25) is 0 Å². The zero-order valence-electron chi connectivity index (χ0n) is 11.7. The molecule has 1 aromatic carbocycles. The molecular weight excluding hydrogens is 334 g/mol. The second-order valence-corrected chi connectivity index (χ2v) is 7.68. The first-order valence-electron chi connectivity index (χ1n) is 6.89. The molecule has 1 saturated heterocycles. The Kier molecular flexibility index (Phi) is 3.98. The van der Waals surface area contributed by atoms with E-state index in [1.54, 1.807) is 11.3 Å². The van der Waals surface area contributed by atoms with Gasteiger partial charge in [0.15, 0.2) is 0 Å². The fourth-order valence-electron chi connectivity index (χ4n) is 2.67. The van der Waals surface area contributed by atoms with E-state index < -0.39 is 0 Å². The van der Waals surface area contributed by atoms with Crippen molar-refractivity contribution >= 4 is 27.3 Å². The molecule has 0 N–H and O–H groups in total. The molecule has 106 valence electrons. The first-order chi connectivity index (χ1) is 9.53. The van der Waals surface area contributed by atoms with Crippen molar-refractivity contribution in [1.82, 2.24) is 4.98 Å². The molecule has 0 spiro atoms. The van der Waals surface area contributed by atoms with Gasteiger partial charge in [-0.25, -0.2) is 4.98 Å². The molecule has 0 radical (unpaired) electrons. The van der Waals surface area contributed by atoms with Gasteiger partial charge in [-0.05, 0) is 38.8 Å². The van der Waals surface area contributed by atoms with Crippen LogP contribution in [0.25, 0.3) is 11.3 Å². The smallest absolute Gasteiger partial charge is 0.0965 e. The highest BCUT2D eigenvalue weighted by atomic mass is 79.9. The number of aromatic nitrogens is 1. The van der Waals surface area contributed by atoms with Gasteiger partial charge in [0.2, 0.25) is 0 Å². The molecule has 0 aliphatic carbocycles. The topological polar surface area (TPSA) is 22.1 Å². The maximum atomic E-state index is 5.79. The van der Waals surface area contributed by atoms with Crippen LogP contribution in [-0.2, 0) is 4.74 Å². The Morgan fingerprint density at radius 1 is 1.30 bits per heavy atom. The van der Waals surface area contributed by atoms with E-state index in [1.807, 2.05) is 0 Å². The van der Waals surface area contributed by atoms with Crippen LogP contribution < -0.4 is 0 Å². The lowest BCUT2D eigenvalue weighted by atomic mass is 9.89. The van der Waals surface area contributed by atoms with Gasteiger partial charge in [-0.15, -0.1) is 11.3 Å². The van der Waals surface area contributed by atoms with Crippen LogP contribution in [-0.4, -0.2) is 17.2 Å². The molecule has 1 atom stereocenters. The van der Waals surface area contributed by atoms with Crippen LogP contribution in [0, 0.1) is 0 Å². The summed E-state index contributed by atoms with van der Waals surface area (Å²) >= 11 is 5.24. The van der Waals surface area contributed by atoms with Crippen LogP contribution in [0.15, 0.2) is 34.1 Å². The molecule has 3 rings (SSSR count). The Hall–Kier alpha value is -0.710. The number of hydrogen-bond acceptors (Lipinski definition) is 3. The van der Waals surface area contributed by atoms with Crippen molar-refractivity contribution in [2.24, 2.45) is 0 Å². The van der Waals surface area contributed by atoms with E-state index >= 15 is 0 Å². The van der Waals surface area contributed by atoms with Gasteiger partial charge in [0.25, 0.3) is 0 Å². The number of hydrogen-bond donors (Lipinski definition) is 0. The third-order valence-corrected chi connectivity index (χ3v) is 5.24. The van der Waals surface area contributed by atoms with E-state index in [4.69, 9.17) is 9.72 Å². The summed E-state index contributed by atoms with van der Waals surface area (Å²) in [5.41, 5.74) is 2.25. The van der Waals surface area contributed by atoms with E-state index in [1.165, 1.54) is 10.6 Å². The maximum absolute atomic E-state index is 5.79. The van der Waals surface area contributed by atoms with Crippen molar-refractivity contribution in [3.63, 3.8) is 0 Å². The second kappa shape index (κ2) is 5.58. The maximum Gasteiger partial charge on any atom is 0.0965 e. The number of thiazole rings is 1. The lowest BCUT2D eigenvalue weighted by Gasteiger charge is -2.34. The summed E-state index contributed by atoms with van der Waals surface area (Å²) in [4.78, 5) is 4.85. The normalized spacial score (nSPS) is 21.9. The molecule has 0 amide bonds. The molecule has 0 unspecified atom stereocenters. The monoisotopic (exact) mass is 351 g/mol. The standard InChI is InChI=1S/C16H18BrNOS/c1-16(2)9-12(7-8-19-16)15-18-14(10-20-15)11-3-5-13(17)6-4-11/h3-6,10,12H,7-9H2,1-2H3/t12-/m1/s1. The highest BCUT2D eigenvalue weighted by molar-refractivity contribution is 9.10. The summed E-state index contributed by atoms with van der Waals surface area (Å²) in [7, 11) is 0. The van der Waals surface area contributed by atoms with E-state index in [9.17, 15) is 0 Å². The molecule has 1 aromatic heterocycles. The molecule has 1 aliphatic heterocycles. The van der Waals surface area contributed by atoms with Crippen molar-refractivity contribution in [3.8, 4) is 11.3 Å². The van der Waals surface area contributed by atoms with Crippen LogP contribution in [0.1, 0.15) is 37.6 Å². The number of rotatable bonds is 2. The molecule has 2 heterocycles. The summed E-state index contributed by atoms with van der Waals surface area (Å²) in [6.07, 6.45) is 2.14. The average Bonchev–Trinajstić information content (AvgIpc) is 2.88. The third-order valence-electron chi connectivity index (χ3n) is 3.71. The van der Waals surface area contributed by atoms with Crippen LogP contribution >= 0.6 is 27.3 Å². The van der Waals surface area contributed by atoms with E-state index in [-0.39, 0.29) is 5.60 Å². The van der Waals surface area contributed by atoms with Gasteiger partial charge >= 0.3 is 0 Å². The molecule has 2 nitrogen and oxygen atoms in total. The van der Waals surface area contributed by atoms with Crippen molar-refractivity contribution < 1.29 is 4.74 Å². The van der Waals surface area contributed by atoms with Gasteiger partial charge in [0.05, 0.1) is 16.3 Å². The fraction of sp³-hybridized carbons (Fsp3) is 0.438. The Morgan fingerprint density at radius 3 is 2.75 bits per heavy atom. The van der Waals surface area contributed by atoms with Crippen molar-refractivity contribution in [2.75, 3.05) is 6.61 Å². The van der Waals surface area contributed by atoms with Crippen molar-refractivity contribution in [1.29, 1.82) is 0 Å². The third kappa shape index (κ3) is 3.13. The van der Waals surface area contributed by atoms with E-state index in [0.717, 1.165) is 29.6 Å². The quantitative estimate of drug-likeness (QED) is 0.737. The summed E-state index contributed by atoms with van der Waals surface area (Å²) in [5, 5.41) is 3.42. The molecule has 4 heteroatoms. The van der Waals surface area contributed by atoms with Crippen molar-refractivity contribution in [3.05, 3.63) is 39.1 Å². The van der Waals surface area contributed by atoms with Crippen LogP contribution in [0.3, 0.4) is 0 Å². The molecule has 1 fully saturated rings. The molecule has 2 aromatic rings. The minimum absolute atomic E-state index is 0.0215. The van der Waals surface area contributed by atoms with Crippen LogP contribution in [0.5, 0.6) is 0 Å². The molecule has 0 saturated carbocycles. The minimum atomic E-state index is -0.0215. The van der Waals surface area contributed by atoms with Gasteiger partial charge in [-0.2, -0.15) is 0 Å². The van der Waals surface area contributed by atoms with E-state index in [2.05, 4.69) is 59.4 Å². The summed E-state index contributed by atoms with van der Waals surface area (Å²) in [5.74, 6) is 0.535. The van der Waals surface area contributed by atoms with Gasteiger partial charge in [-0.1, -0.05) is 28.1 Å². The number of nitrogens with zero attached hydrogens (tertiary/aromatic N) is 1.